The van der Waals surface area contributed by atoms with E-state index < -0.39 is 0 Å². The second-order valence-corrected chi connectivity index (χ2v) is 4.79. The quantitative estimate of drug-likeness (QED) is 0.763. The zero-order valence-corrected chi connectivity index (χ0v) is 11.1. The molecule has 4 heteroatoms. The third kappa shape index (κ3) is 4.10. The Morgan fingerprint density at radius 2 is 2.16 bits per heavy atom. The maximum atomic E-state index is 11.8. The molecule has 1 unspecified atom stereocenters. The molecule has 1 atom stereocenters. The third-order valence-corrected chi connectivity index (χ3v) is 3.32. The van der Waals surface area contributed by atoms with Crippen molar-refractivity contribution in [2.75, 3.05) is 13.7 Å². The lowest BCUT2D eigenvalue weighted by Crippen LogP contribution is -2.40. The van der Waals surface area contributed by atoms with Crippen molar-refractivity contribution in [3.8, 4) is 5.75 Å². The van der Waals surface area contributed by atoms with Crippen LogP contribution in [-0.2, 0) is 4.79 Å². The topological polar surface area (TPSA) is 64.3 Å². The Balaban J connectivity index is 1.87. The molecule has 1 aliphatic rings. The molecule has 0 heterocycles. The molecule has 0 bridgehead atoms. The van der Waals surface area contributed by atoms with Gasteiger partial charge in [-0.25, -0.2) is 0 Å². The van der Waals surface area contributed by atoms with E-state index in [1.807, 2.05) is 24.3 Å². The molecule has 0 spiro atoms. The normalized spacial score (nSPS) is 16.3. The second-order valence-electron chi connectivity index (χ2n) is 4.79. The van der Waals surface area contributed by atoms with Crippen LogP contribution in [0, 0.1) is 5.92 Å². The van der Waals surface area contributed by atoms with Crippen molar-refractivity contribution in [3.63, 3.8) is 0 Å². The van der Waals surface area contributed by atoms with Gasteiger partial charge in [-0.1, -0.05) is 12.1 Å². The van der Waals surface area contributed by atoms with Crippen LogP contribution in [0.25, 0.3) is 6.08 Å². The molecular formula is C15H20N2O2. The van der Waals surface area contributed by atoms with E-state index in [2.05, 4.69) is 5.32 Å². The van der Waals surface area contributed by atoms with Crippen molar-refractivity contribution in [2.24, 2.45) is 11.7 Å². The Morgan fingerprint density at radius 1 is 1.47 bits per heavy atom. The number of amides is 1. The Morgan fingerprint density at radius 3 is 2.68 bits per heavy atom. The number of methoxy groups -OCH3 is 1. The van der Waals surface area contributed by atoms with Crippen LogP contribution in [0.1, 0.15) is 18.4 Å². The zero-order valence-electron chi connectivity index (χ0n) is 11.1. The summed E-state index contributed by atoms with van der Waals surface area (Å²) in [4.78, 5) is 11.8. The molecule has 2 rings (SSSR count). The first-order valence-corrected chi connectivity index (χ1v) is 6.55. The molecule has 0 saturated heterocycles. The van der Waals surface area contributed by atoms with Gasteiger partial charge < -0.3 is 15.8 Å². The molecule has 1 aromatic rings. The predicted molar refractivity (Wildman–Crippen MR) is 75.7 cm³/mol. The standard InChI is InChI=1S/C15H20N2O2/c1-19-13-7-2-11(3-8-13)4-9-15(18)17-14(10-16)12-5-6-12/h2-4,7-9,12,14H,5-6,10,16H2,1H3,(H,17,18). The maximum Gasteiger partial charge on any atom is 0.244 e. The Hall–Kier alpha value is -1.81. The van der Waals surface area contributed by atoms with Crippen LogP contribution in [-0.4, -0.2) is 25.6 Å². The molecule has 1 aromatic carbocycles. The van der Waals surface area contributed by atoms with E-state index in [4.69, 9.17) is 10.5 Å². The number of hydrogen-bond donors (Lipinski definition) is 2. The van der Waals surface area contributed by atoms with Gasteiger partial charge in [-0.2, -0.15) is 0 Å². The summed E-state index contributed by atoms with van der Waals surface area (Å²) in [7, 11) is 1.63. The lowest BCUT2D eigenvalue weighted by Gasteiger charge is -2.14. The average molecular weight is 260 g/mol. The molecular weight excluding hydrogens is 240 g/mol. The molecule has 3 N–H and O–H groups in total. The van der Waals surface area contributed by atoms with E-state index in [-0.39, 0.29) is 11.9 Å². The fraction of sp³-hybridized carbons (Fsp3) is 0.400. The highest BCUT2D eigenvalue weighted by atomic mass is 16.5. The van der Waals surface area contributed by atoms with E-state index in [9.17, 15) is 4.79 Å². The third-order valence-electron chi connectivity index (χ3n) is 3.32. The van der Waals surface area contributed by atoms with Gasteiger partial charge in [0.2, 0.25) is 5.91 Å². The summed E-state index contributed by atoms with van der Waals surface area (Å²) < 4.78 is 5.08. The minimum absolute atomic E-state index is 0.0850. The van der Waals surface area contributed by atoms with Crippen LogP contribution >= 0.6 is 0 Å². The molecule has 0 aromatic heterocycles. The van der Waals surface area contributed by atoms with Crippen LogP contribution in [0.4, 0.5) is 0 Å². The van der Waals surface area contributed by atoms with Crippen molar-refractivity contribution in [2.45, 2.75) is 18.9 Å². The number of ether oxygens (including phenoxy) is 1. The lowest BCUT2D eigenvalue weighted by molar-refractivity contribution is -0.117. The van der Waals surface area contributed by atoms with E-state index in [1.165, 1.54) is 12.8 Å². The Labute approximate surface area is 113 Å². The van der Waals surface area contributed by atoms with Gasteiger partial charge >= 0.3 is 0 Å². The van der Waals surface area contributed by atoms with Crippen LogP contribution in [0.3, 0.4) is 0 Å². The largest absolute Gasteiger partial charge is 0.497 e. The number of nitrogens with two attached hydrogens (primary N) is 1. The highest BCUT2D eigenvalue weighted by Gasteiger charge is 2.30. The number of hydrogen-bond acceptors (Lipinski definition) is 3. The summed E-state index contributed by atoms with van der Waals surface area (Å²) in [5.74, 6) is 1.29. The van der Waals surface area contributed by atoms with Gasteiger partial charge in [0.1, 0.15) is 5.75 Å². The molecule has 1 aliphatic carbocycles. The van der Waals surface area contributed by atoms with E-state index in [0.717, 1.165) is 11.3 Å². The Kier molecular flexibility index (Phi) is 4.58. The predicted octanol–water partition coefficient (Wildman–Crippen LogP) is 1.56. The second kappa shape index (κ2) is 6.38. The molecule has 0 radical (unpaired) electrons. The fourth-order valence-corrected chi connectivity index (χ4v) is 1.99. The summed E-state index contributed by atoms with van der Waals surface area (Å²) in [6.45, 7) is 0.507. The van der Waals surface area contributed by atoms with E-state index >= 15 is 0 Å². The van der Waals surface area contributed by atoms with Gasteiger partial charge in [-0.05, 0) is 42.5 Å². The molecule has 4 nitrogen and oxygen atoms in total. The first-order valence-electron chi connectivity index (χ1n) is 6.55. The molecule has 19 heavy (non-hydrogen) atoms. The summed E-state index contributed by atoms with van der Waals surface area (Å²) in [6, 6.07) is 7.66. The molecule has 1 amide bonds. The summed E-state index contributed by atoms with van der Waals surface area (Å²) in [5, 5.41) is 2.95. The van der Waals surface area contributed by atoms with Gasteiger partial charge in [-0.3, -0.25) is 4.79 Å². The number of nitrogens with one attached hydrogen (secondary N) is 1. The smallest absolute Gasteiger partial charge is 0.244 e. The fourth-order valence-electron chi connectivity index (χ4n) is 1.99. The van der Waals surface area contributed by atoms with Crippen LogP contribution in [0.15, 0.2) is 30.3 Å². The van der Waals surface area contributed by atoms with Crippen molar-refractivity contribution in [3.05, 3.63) is 35.9 Å². The van der Waals surface area contributed by atoms with Crippen molar-refractivity contribution in [1.82, 2.24) is 5.32 Å². The maximum absolute atomic E-state index is 11.8. The monoisotopic (exact) mass is 260 g/mol. The molecule has 1 fully saturated rings. The zero-order chi connectivity index (χ0) is 13.7. The van der Waals surface area contributed by atoms with Gasteiger partial charge in [-0.15, -0.1) is 0 Å². The number of carbonyl (C=O) groups is 1. The number of carbonyl (C=O) groups excluding carboxylic acids is 1. The van der Waals surface area contributed by atoms with Crippen molar-refractivity contribution in [1.29, 1.82) is 0 Å². The van der Waals surface area contributed by atoms with Gasteiger partial charge in [0.25, 0.3) is 0 Å². The minimum atomic E-state index is -0.0850. The van der Waals surface area contributed by atoms with Gasteiger partial charge in [0.05, 0.1) is 7.11 Å². The van der Waals surface area contributed by atoms with Crippen LogP contribution in [0.2, 0.25) is 0 Å². The molecule has 102 valence electrons. The molecule has 1 saturated carbocycles. The van der Waals surface area contributed by atoms with Crippen molar-refractivity contribution >= 4 is 12.0 Å². The van der Waals surface area contributed by atoms with Crippen LogP contribution in [0.5, 0.6) is 5.75 Å². The van der Waals surface area contributed by atoms with E-state index in [1.54, 1.807) is 19.3 Å². The first kappa shape index (κ1) is 13.6. The summed E-state index contributed by atoms with van der Waals surface area (Å²) >= 11 is 0. The average Bonchev–Trinajstić information content (AvgIpc) is 3.27. The van der Waals surface area contributed by atoms with Gasteiger partial charge in [0, 0.05) is 18.7 Å². The summed E-state index contributed by atoms with van der Waals surface area (Å²) in [6.07, 6.45) is 5.68. The minimum Gasteiger partial charge on any atom is -0.497 e. The van der Waals surface area contributed by atoms with E-state index in [0.29, 0.717) is 12.5 Å². The summed E-state index contributed by atoms with van der Waals surface area (Å²) in [5.41, 5.74) is 6.61. The first-order chi connectivity index (χ1) is 9.22. The Bertz CT molecular complexity index is 450. The number of rotatable bonds is 6. The number of benzene rings is 1. The van der Waals surface area contributed by atoms with Gasteiger partial charge in [0.15, 0.2) is 0 Å². The highest BCUT2D eigenvalue weighted by Crippen LogP contribution is 2.32. The SMILES string of the molecule is COc1ccc(C=CC(=O)NC(CN)C2CC2)cc1. The van der Waals surface area contributed by atoms with Crippen molar-refractivity contribution < 1.29 is 9.53 Å². The lowest BCUT2D eigenvalue weighted by atomic mass is 10.1. The molecule has 0 aliphatic heterocycles. The van der Waals surface area contributed by atoms with Crippen LogP contribution < -0.4 is 15.8 Å². The highest BCUT2D eigenvalue weighted by molar-refractivity contribution is 5.91.